The van der Waals surface area contributed by atoms with E-state index in [4.69, 9.17) is 4.74 Å². The number of nitrogens with zero attached hydrogens (tertiary/aromatic N) is 1. The SMILES string of the molecule is CCOC(=O)CCN(CCC(C)=O)C1CC1. The minimum absolute atomic E-state index is 0.143. The summed E-state index contributed by atoms with van der Waals surface area (Å²) < 4.78 is 4.89. The molecule has 0 amide bonds. The van der Waals surface area contributed by atoms with Crippen LogP contribution in [-0.4, -0.2) is 42.4 Å². The maximum absolute atomic E-state index is 11.2. The van der Waals surface area contributed by atoms with Crippen LogP contribution in [0.5, 0.6) is 0 Å². The zero-order valence-corrected chi connectivity index (χ0v) is 10.2. The number of carbonyl (C=O) groups is 2. The van der Waals surface area contributed by atoms with E-state index < -0.39 is 0 Å². The molecule has 0 aromatic heterocycles. The summed E-state index contributed by atoms with van der Waals surface area (Å²) in [5.41, 5.74) is 0. The van der Waals surface area contributed by atoms with Crippen molar-refractivity contribution >= 4 is 11.8 Å². The summed E-state index contributed by atoms with van der Waals surface area (Å²) in [6, 6.07) is 0.591. The van der Waals surface area contributed by atoms with Gasteiger partial charge < -0.3 is 4.74 Å². The van der Waals surface area contributed by atoms with Gasteiger partial charge in [-0.1, -0.05) is 0 Å². The molecule has 4 nitrogen and oxygen atoms in total. The lowest BCUT2D eigenvalue weighted by Crippen LogP contribution is -2.31. The smallest absolute Gasteiger partial charge is 0.307 e. The molecule has 0 radical (unpaired) electrons. The van der Waals surface area contributed by atoms with Gasteiger partial charge in [-0.2, -0.15) is 0 Å². The number of hydrogen-bond donors (Lipinski definition) is 0. The summed E-state index contributed by atoms with van der Waals surface area (Å²) in [5, 5.41) is 0. The van der Waals surface area contributed by atoms with Crippen LogP contribution in [0.4, 0.5) is 0 Å². The first kappa shape index (κ1) is 13.2. The standard InChI is InChI=1S/C12H21NO3/c1-3-16-12(15)7-9-13(11-4-5-11)8-6-10(2)14/h11H,3-9H2,1-2H3. The molecule has 1 rings (SSSR count). The van der Waals surface area contributed by atoms with E-state index in [1.807, 2.05) is 6.92 Å². The van der Waals surface area contributed by atoms with Gasteiger partial charge in [-0.3, -0.25) is 14.5 Å². The van der Waals surface area contributed by atoms with Crippen molar-refractivity contribution in [3.05, 3.63) is 0 Å². The van der Waals surface area contributed by atoms with Crippen LogP contribution >= 0.6 is 0 Å². The molecular formula is C12H21NO3. The highest BCUT2D eigenvalue weighted by Gasteiger charge is 2.28. The number of rotatable bonds is 8. The molecule has 0 aliphatic heterocycles. The third kappa shape index (κ3) is 5.26. The average Bonchev–Trinajstić information content (AvgIpc) is 3.01. The van der Waals surface area contributed by atoms with E-state index in [1.165, 1.54) is 12.8 Å². The van der Waals surface area contributed by atoms with E-state index in [-0.39, 0.29) is 11.8 Å². The van der Waals surface area contributed by atoms with Crippen LogP contribution in [0.2, 0.25) is 0 Å². The normalized spacial score (nSPS) is 15.2. The molecular weight excluding hydrogens is 206 g/mol. The van der Waals surface area contributed by atoms with E-state index in [0.717, 1.165) is 13.1 Å². The number of carbonyl (C=O) groups excluding carboxylic acids is 2. The summed E-state index contributed by atoms with van der Waals surface area (Å²) in [4.78, 5) is 24.4. The molecule has 0 heterocycles. The fourth-order valence-corrected chi connectivity index (χ4v) is 1.69. The van der Waals surface area contributed by atoms with Crippen LogP contribution in [0.3, 0.4) is 0 Å². The third-order valence-electron chi connectivity index (χ3n) is 2.72. The molecule has 1 fully saturated rings. The number of esters is 1. The molecule has 1 aliphatic carbocycles. The van der Waals surface area contributed by atoms with Gasteiger partial charge in [0, 0.05) is 25.6 Å². The van der Waals surface area contributed by atoms with E-state index in [1.54, 1.807) is 6.92 Å². The Hall–Kier alpha value is -0.900. The predicted octanol–water partition coefficient (Wildman–Crippen LogP) is 1.38. The van der Waals surface area contributed by atoms with Gasteiger partial charge in [0.05, 0.1) is 13.0 Å². The molecule has 16 heavy (non-hydrogen) atoms. The van der Waals surface area contributed by atoms with E-state index >= 15 is 0 Å². The van der Waals surface area contributed by atoms with E-state index in [0.29, 0.717) is 25.5 Å². The first-order valence-electron chi connectivity index (χ1n) is 6.02. The Labute approximate surface area is 96.9 Å². The lowest BCUT2D eigenvalue weighted by Gasteiger charge is -2.20. The number of ketones is 1. The minimum atomic E-state index is -0.143. The quantitative estimate of drug-likeness (QED) is 0.588. The Bertz CT molecular complexity index is 249. The molecule has 92 valence electrons. The van der Waals surface area contributed by atoms with Gasteiger partial charge in [0.1, 0.15) is 5.78 Å². The molecule has 1 aliphatic rings. The van der Waals surface area contributed by atoms with Gasteiger partial charge in [0.15, 0.2) is 0 Å². The highest BCUT2D eigenvalue weighted by Crippen LogP contribution is 2.26. The van der Waals surface area contributed by atoms with Gasteiger partial charge in [-0.15, -0.1) is 0 Å². The first-order chi connectivity index (χ1) is 7.63. The summed E-state index contributed by atoms with van der Waals surface area (Å²) in [6.07, 6.45) is 3.41. The van der Waals surface area contributed by atoms with Crippen molar-refractivity contribution < 1.29 is 14.3 Å². The lowest BCUT2D eigenvalue weighted by atomic mass is 10.2. The fraction of sp³-hybridized carbons (Fsp3) is 0.833. The van der Waals surface area contributed by atoms with E-state index in [9.17, 15) is 9.59 Å². The predicted molar refractivity (Wildman–Crippen MR) is 61.1 cm³/mol. The van der Waals surface area contributed by atoms with E-state index in [2.05, 4.69) is 4.90 Å². The van der Waals surface area contributed by atoms with Crippen molar-refractivity contribution in [3.8, 4) is 0 Å². The van der Waals surface area contributed by atoms with Crippen molar-refractivity contribution in [1.29, 1.82) is 0 Å². The topological polar surface area (TPSA) is 46.6 Å². The summed E-state index contributed by atoms with van der Waals surface area (Å²) >= 11 is 0. The van der Waals surface area contributed by atoms with Crippen molar-refractivity contribution in [2.24, 2.45) is 0 Å². The Morgan fingerprint density at radius 3 is 2.38 bits per heavy atom. The average molecular weight is 227 g/mol. The van der Waals surface area contributed by atoms with Crippen molar-refractivity contribution in [2.75, 3.05) is 19.7 Å². The van der Waals surface area contributed by atoms with Crippen LogP contribution in [0.1, 0.15) is 39.5 Å². The Balaban J connectivity index is 2.22. The largest absolute Gasteiger partial charge is 0.466 e. The second kappa shape index (κ2) is 6.63. The summed E-state index contributed by atoms with van der Waals surface area (Å²) in [5.74, 6) is 0.0674. The molecule has 0 unspecified atom stereocenters. The molecule has 0 aromatic rings. The minimum Gasteiger partial charge on any atom is -0.466 e. The number of ether oxygens (including phenoxy) is 1. The summed E-state index contributed by atoms with van der Waals surface area (Å²) in [6.45, 7) is 5.36. The van der Waals surface area contributed by atoms with Crippen LogP contribution in [0.15, 0.2) is 0 Å². The fourth-order valence-electron chi connectivity index (χ4n) is 1.69. The lowest BCUT2D eigenvalue weighted by molar-refractivity contribution is -0.143. The van der Waals surface area contributed by atoms with Crippen molar-refractivity contribution in [1.82, 2.24) is 4.90 Å². The monoisotopic (exact) mass is 227 g/mol. The molecule has 4 heteroatoms. The first-order valence-corrected chi connectivity index (χ1v) is 6.02. The van der Waals surface area contributed by atoms with Gasteiger partial charge in [-0.25, -0.2) is 0 Å². The Kier molecular flexibility index (Phi) is 5.46. The zero-order valence-electron chi connectivity index (χ0n) is 10.2. The molecule has 0 atom stereocenters. The molecule has 0 spiro atoms. The van der Waals surface area contributed by atoms with Crippen molar-refractivity contribution in [2.45, 2.75) is 45.6 Å². The molecule has 0 N–H and O–H groups in total. The highest BCUT2D eigenvalue weighted by molar-refractivity contribution is 5.75. The van der Waals surface area contributed by atoms with Crippen LogP contribution in [0, 0.1) is 0 Å². The summed E-state index contributed by atoms with van der Waals surface area (Å²) in [7, 11) is 0. The van der Waals surface area contributed by atoms with Gasteiger partial charge >= 0.3 is 5.97 Å². The van der Waals surface area contributed by atoms with Crippen LogP contribution in [-0.2, 0) is 14.3 Å². The van der Waals surface area contributed by atoms with Crippen molar-refractivity contribution in [3.63, 3.8) is 0 Å². The van der Waals surface area contributed by atoms with Gasteiger partial charge in [0.25, 0.3) is 0 Å². The second-order valence-corrected chi connectivity index (χ2v) is 4.27. The zero-order chi connectivity index (χ0) is 12.0. The molecule has 1 saturated carbocycles. The molecule has 0 aromatic carbocycles. The number of hydrogen-bond acceptors (Lipinski definition) is 4. The number of Topliss-reactive ketones (excluding diaryl/α,β-unsaturated/α-hetero) is 1. The third-order valence-corrected chi connectivity index (χ3v) is 2.72. The van der Waals surface area contributed by atoms with Gasteiger partial charge in [-0.05, 0) is 26.7 Å². The maximum Gasteiger partial charge on any atom is 0.307 e. The second-order valence-electron chi connectivity index (χ2n) is 4.27. The molecule has 0 bridgehead atoms. The maximum atomic E-state index is 11.2. The van der Waals surface area contributed by atoms with Crippen LogP contribution in [0.25, 0.3) is 0 Å². The van der Waals surface area contributed by atoms with Crippen LogP contribution < -0.4 is 0 Å². The Morgan fingerprint density at radius 2 is 1.88 bits per heavy atom. The molecule has 0 saturated heterocycles. The Morgan fingerprint density at radius 1 is 1.25 bits per heavy atom. The highest BCUT2D eigenvalue weighted by atomic mass is 16.5. The van der Waals surface area contributed by atoms with Gasteiger partial charge in [0.2, 0.25) is 0 Å².